The van der Waals surface area contributed by atoms with Crippen molar-refractivity contribution in [3.8, 4) is 0 Å². The van der Waals surface area contributed by atoms with Gasteiger partial charge >= 0.3 is 0 Å². The van der Waals surface area contributed by atoms with Gasteiger partial charge in [0.2, 0.25) is 0 Å². The zero-order valence-corrected chi connectivity index (χ0v) is 13.6. The summed E-state index contributed by atoms with van der Waals surface area (Å²) in [5.74, 6) is 0. The fourth-order valence-electron chi connectivity index (χ4n) is 0.932. The molecule has 0 aromatic rings. The van der Waals surface area contributed by atoms with E-state index in [-0.39, 0.29) is 0 Å². The van der Waals surface area contributed by atoms with Crippen LogP contribution in [-0.2, 0) is 0 Å². The van der Waals surface area contributed by atoms with Crippen LogP contribution in [0.25, 0.3) is 0 Å². The average molecular weight is 252 g/mol. The number of allylic oxidation sites excluding steroid dienone is 4. The lowest BCUT2D eigenvalue weighted by atomic mass is 10.2. The van der Waals surface area contributed by atoms with E-state index in [1.54, 1.807) is 0 Å². The Morgan fingerprint density at radius 1 is 0.944 bits per heavy atom. The Bertz CT molecular complexity index is 168. The quantitative estimate of drug-likeness (QED) is 0.335. The molecule has 0 rings (SSSR count). The number of hydrogen-bond donors (Lipinski definition) is 0. The summed E-state index contributed by atoms with van der Waals surface area (Å²) in [5.41, 5.74) is 1.34. The Morgan fingerprint density at radius 3 is 1.61 bits per heavy atom. The van der Waals surface area contributed by atoms with Crippen LogP contribution in [0.2, 0.25) is 0 Å². The third-order valence-corrected chi connectivity index (χ3v) is 2.45. The highest BCUT2D eigenvalue weighted by atomic mass is 13.8. The normalized spacial score (nSPS) is 8.94. The van der Waals surface area contributed by atoms with E-state index in [1.165, 1.54) is 37.7 Å². The standard InChI is InChI=1S/3C6H12/c1-4-6(3)5-2;2*1-3-5-6-4-2/h3-5H2,1-2H3;3,5H,4,6H2,1-2H3;3H,1,4-6H2,2H3. The topological polar surface area (TPSA) is 0 Å². The maximum absolute atomic E-state index is 3.79. The van der Waals surface area contributed by atoms with E-state index in [0.717, 1.165) is 12.8 Å². The summed E-state index contributed by atoms with van der Waals surface area (Å²) in [4.78, 5) is 0. The Balaban J connectivity index is -0.000000187. The molecule has 0 amide bonds. The predicted octanol–water partition coefficient (Wildman–Crippen LogP) is 7.09. The number of unbranched alkanes of at least 4 members (excludes halogenated alkanes) is 3. The average Bonchev–Trinajstić information content (AvgIpc) is 2.43. The second-order valence-corrected chi connectivity index (χ2v) is 4.25. The molecule has 0 aliphatic rings. The Labute approximate surface area is 117 Å². The van der Waals surface area contributed by atoms with E-state index in [1.807, 2.05) is 6.08 Å². The molecule has 0 radical (unpaired) electrons. The molecule has 0 unspecified atom stereocenters. The van der Waals surface area contributed by atoms with Crippen LogP contribution in [0, 0.1) is 0 Å². The van der Waals surface area contributed by atoms with Crippen molar-refractivity contribution in [2.75, 3.05) is 0 Å². The summed E-state index contributed by atoms with van der Waals surface area (Å²) in [6.07, 6.45) is 14.8. The lowest BCUT2D eigenvalue weighted by molar-refractivity contribution is 0.816. The lowest BCUT2D eigenvalue weighted by Crippen LogP contribution is -1.68. The monoisotopic (exact) mass is 252 g/mol. The maximum atomic E-state index is 3.79. The van der Waals surface area contributed by atoms with Crippen molar-refractivity contribution in [2.24, 2.45) is 0 Å². The van der Waals surface area contributed by atoms with Crippen LogP contribution in [0.15, 0.2) is 37.0 Å². The first-order valence-electron chi connectivity index (χ1n) is 7.52. The minimum atomic E-state index is 1.14. The molecule has 18 heavy (non-hydrogen) atoms. The molecule has 0 saturated carbocycles. The van der Waals surface area contributed by atoms with Gasteiger partial charge in [-0.05, 0) is 32.6 Å². The van der Waals surface area contributed by atoms with Gasteiger partial charge in [0.15, 0.2) is 0 Å². The van der Waals surface area contributed by atoms with Gasteiger partial charge in [-0.1, -0.05) is 77.3 Å². The van der Waals surface area contributed by atoms with Crippen molar-refractivity contribution in [3.05, 3.63) is 37.0 Å². The fraction of sp³-hybridized carbons (Fsp3) is 0.667. The van der Waals surface area contributed by atoms with E-state index >= 15 is 0 Å². The van der Waals surface area contributed by atoms with Gasteiger partial charge in [0.1, 0.15) is 0 Å². The number of rotatable bonds is 7. The van der Waals surface area contributed by atoms with Crippen LogP contribution in [0.3, 0.4) is 0 Å². The maximum Gasteiger partial charge on any atom is -0.0352 e. The summed E-state index contributed by atoms with van der Waals surface area (Å²) < 4.78 is 0. The van der Waals surface area contributed by atoms with Crippen molar-refractivity contribution in [2.45, 2.75) is 79.6 Å². The van der Waals surface area contributed by atoms with Crippen molar-refractivity contribution in [1.29, 1.82) is 0 Å². The van der Waals surface area contributed by atoms with Crippen LogP contribution in [0.4, 0.5) is 0 Å². The second kappa shape index (κ2) is 25.2. The first kappa shape index (κ1) is 22.4. The molecule has 0 aliphatic carbocycles. The van der Waals surface area contributed by atoms with Crippen molar-refractivity contribution < 1.29 is 0 Å². The zero-order chi connectivity index (χ0) is 14.6. The molecular formula is C18H36. The smallest absolute Gasteiger partial charge is 0.0352 e. The molecule has 0 heterocycles. The zero-order valence-electron chi connectivity index (χ0n) is 13.6. The van der Waals surface area contributed by atoms with E-state index in [2.05, 4.69) is 59.9 Å². The Kier molecular flexibility index (Phi) is 31.3. The molecule has 0 fully saturated rings. The Hall–Kier alpha value is -0.780. The third-order valence-electron chi connectivity index (χ3n) is 2.45. The molecule has 0 atom stereocenters. The lowest BCUT2D eigenvalue weighted by Gasteiger charge is -1.89. The van der Waals surface area contributed by atoms with Crippen molar-refractivity contribution in [1.82, 2.24) is 0 Å². The highest BCUT2D eigenvalue weighted by Crippen LogP contribution is 1.98. The third kappa shape index (κ3) is 36.2. The summed E-state index contributed by atoms with van der Waals surface area (Å²) in [6, 6.07) is 0. The summed E-state index contributed by atoms with van der Waals surface area (Å²) in [6.45, 7) is 18.1. The van der Waals surface area contributed by atoms with Crippen molar-refractivity contribution >= 4 is 0 Å². The molecule has 0 aromatic carbocycles. The predicted molar refractivity (Wildman–Crippen MR) is 89.2 cm³/mol. The van der Waals surface area contributed by atoms with Gasteiger partial charge in [0.25, 0.3) is 0 Å². The van der Waals surface area contributed by atoms with Gasteiger partial charge in [-0.2, -0.15) is 0 Å². The van der Waals surface area contributed by atoms with Crippen LogP contribution in [0.5, 0.6) is 0 Å². The summed E-state index contributed by atoms with van der Waals surface area (Å²) in [5, 5.41) is 0. The van der Waals surface area contributed by atoms with E-state index in [9.17, 15) is 0 Å². The van der Waals surface area contributed by atoms with Gasteiger partial charge in [0.05, 0.1) is 0 Å². The molecule has 0 aromatic heterocycles. The highest BCUT2D eigenvalue weighted by Gasteiger charge is 1.78. The summed E-state index contributed by atoms with van der Waals surface area (Å²) in [7, 11) is 0. The first-order valence-corrected chi connectivity index (χ1v) is 7.52. The molecule has 0 bridgehead atoms. The minimum absolute atomic E-state index is 1.14. The van der Waals surface area contributed by atoms with E-state index in [0.29, 0.717) is 0 Å². The van der Waals surface area contributed by atoms with Crippen LogP contribution >= 0.6 is 0 Å². The SMILES string of the molecule is C=C(CC)CC.C=CCCCC.CC=CCCC. The minimum Gasteiger partial charge on any atom is -0.103 e. The van der Waals surface area contributed by atoms with Gasteiger partial charge < -0.3 is 0 Å². The number of hydrogen-bond acceptors (Lipinski definition) is 0. The molecular weight excluding hydrogens is 216 g/mol. The van der Waals surface area contributed by atoms with Crippen LogP contribution < -0.4 is 0 Å². The first-order chi connectivity index (χ1) is 8.64. The molecule has 0 heteroatoms. The molecule has 0 aliphatic heterocycles. The molecule has 0 nitrogen and oxygen atoms in total. The molecule has 0 saturated heterocycles. The van der Waals surface area contributed by atoms with Crippen LogP contribution in [-0.4, -0.2) is 0 Å². The second-order valence-electron chi connectivity index (χ2n) is 4.25. The van der Waals surface area contributed by atoms with Gasteiger partial charge in [-0.25, -0.2) is 0 Å². The van der Waals surface area contributed by atoms with Crippen molar-refractivity contribution in [3.63, 3.8) is 0 Å². The Morgan fingerprint density at radius 2 is 1.50 bits per heavy atom. The van der Waals surface area contributed by atoms with E-state index in [4.69, 9.17) is 0 Å². The van der Waals surface area contributed by atoms with E-state index < -0.39 is 0 Å². The molecule has 0 N–H and O–H groups in total. The van der Waals surface area contributed by atoms with Gasteiger partial charge in [-0.15, -0.1) is 6.58 Å². The fourth-order valence-corrected chi connectivity index (χ4v) is 0.932. The molecule has 108 valence electrons. The summed E-state index contributed by atoms with van der Waals surface area (Å²) >= 11 is 0. The van der Waals surface area contributed by atoms with Gasteiger partial charge in [-0.3, -0.25) is 0 Å². The van der Waals surface area contributed by atoms with Crippen LogP contribution in [0.1, 0.15) is 79.6 Å². The van der Waals surface area contributed by atoms with Gasteiger partial charge in [0, 0.05) is 0 Å². The largest absolute Gasteiger partial charge is 0.103 e. The highest BCUT2D eigenvalue weighted by molar-refractivity contribution is 4.89. The molecule has 0 spiro atoms.